The Morgan fingerprint density at radius 3 is 2.67 bits per heavy atom. The first-order valence-corrected chi connectivity index (χ1v) is 5.76. The molecule has 0 saturated carbocycles. The van der Waals surface area contributed by atoms with Gasteiger partial charge in [-0.3, -0.25) is 0 Å². The second-order valence-electron chi connectivity index (χ2n) is 4.33. The van der Waals surface area contributed by atoms with Crippen molar-refractivity contribution >= 4 is 17.6 Å². The van der Waals surface area contributed by atoms with Crippen LogP contribution in [0.5, 0.6) is 0 Å². The summed E-state index contributed by atoms with van der Waals surface area (Å²) in [4.78, 5) is 7.89. The number of nitrogens with one attached hydrogen (secondary N) is 2. The lowest BCUT2D eigenvalue weighted by atomic mass is 9.94. The highest BCUT2D eigenvalue weighted by Crippen LogP contribution is 2.21. The Hall–Kier alpha value is -1.64. The monoisotopic (exact) mass is 254 g/mol. The summed E-state index contributed by atoms with van der Waals surface area (Å²) in [6.07, 6.45) is 1.20. The lowest BCUT2D eigenvalue weighted by molar-refractivity contribution is -0.0543. The molecule has 0 spiro atoms. The topological polar surface area (TPSA) is 131 Å². The smallest absolute Gasteiger partial charge is 0.223 e. The number of aliphatic hydroxyl groups is 1. The zero-order valence-electron chi connectivity index (χ0n) is 10.0. The highest BCUT2D eigenvalue weighted by molar-refractivity contribution is 5.50. The first kappa shape index (κ1) is 12.8. The molecule has 100 valence electrons. The van der Waals surface area contributed by atoms with Crippen LogP contribution in [0, 0.1) is 0 Å². The van der Waals surface area contributed by atoms with E-state index in [2.05, 4.69) is 20.7 Å². The number of nitrogens with two attached hydrogens (primary N) is 2. The van der Waals surface area contributed by atoms with Crippen molar-refractivity contribution in [3.8, 4) is 0 Å². The normalized spacial score (nSPS) is 18.3. The Morgan fingerprint density at radius 2 is 2.00 bits per heavy atom. The molecule has 0 unspecified atom stereocenters. The number of aromatic nitrogens is 2. The Balaban J connectivity index is 1.98. The molecule has 2 heterocycles. The summed E-state index contributed by atoms with van der Waals surface area (Å²) in [6.45, 7) is 1.52. The molecule has 0 aromatic carbocycles. The number of hydrazine groups is 1. The van der Waals surface area contributed by atoms with Gasteiger partial charge >= 0.3 is 0 Å². The minimum atomic E-state index is -0.770. The molecule has 1 aliphatic heterocycles. The maximum absolute atomic E-state index is 10.3. The highest BCUT2D eigenvalue weighted by atomic mass is 16.5. The van der Waals surface area contributed by atoms with Gasteiger partial charge in [0.1, 0.15) is 11.6 Å². The number of nitrogen functional groups attached to an aromatic ring is 2. The van der Waals surface area contributed by atoms with E-state index in [0.29, 0.717) is 44.2 Å². The van der Waals surface area contributed by atoms with E-state index >= 15 is 0 Å². The van der Waals surface area contributed by atoms with Crippen LogP contribution in [-0.2, 0) is 4.74 Å². The van der Waals surface area contributed by atoms with Crippen molar-refractivity contribution in [2.75, 3.05) is 36.2 Å². The minimum absolute atomic E-state index is 0.118. The van der Waals surface area contributed by atoms with Gasteiger partial charge in [-0.05, 0) is 0 Å². The van der Waals surface area contributed by atoms with E-state index in [0.717, 1.165) is 0 Å². The molecule has 1 aliphatic rings. The summed E-state index contributed by atoms with van der Waals surface area (Å²) in [7, 11) is 0. The number of hydrogen-bond donors (Lipinski definition) is 5. The van der Waals surface area contributed by atoms with Gasteiger partial charge in [0.05, 0.1) is 5.60 Å². The van der Waals surface area contributed by atoms with Crippen molar-refractivity contribution in [1.82, 2.24) is 9.97 Å². The number of ether oxygens (including phenoxy) is 1. The van der Waals surface area contributed by atoms with Crippen molar-refractivity contribution in [1.29, 1.82) is 0 Å². The van der Waals surface area contributed by atoms with Crippen molar-refractivity contribution in [2.45, 2.75) is 18.4 Å². The molecule has 1 aromatic rings. The van der Waals surface area contributed by atoms with Gasteiger partial charge in [0.2, 0.25) is 5.95 Å². The summed E-state index contributed by atoms with van der Waals surface area (Å²) in [5, 5.41) is 13.3. The molecule has 1 aromatic heterocycles. The van der Waals surface area contributed by atoms with E-state index in [9.17, 15) is 5.11 Å². The third kappa shape index (κ3) is 3.19. The van der Waals surface area contributed by atoms with E-state index in [-0.39, 0.29) is 5.95 Å². The summed E-state index contributed by atoms with van der Waals surface area (Å²) >= 11 is 0. The van der Waals surface area contributed by atoms with Gasteiger partial charge in [0, 0.05) is 38.7 Å². The number of nitrogens with zero attached hydrogens (tertiary/aromatic N) is 2. The first-order chi connectivity index (χ1) is 8.61. The maximum atomic E-state index is 10.3. The molecular weight excluding hydrogens is 236 g/mol. The Labute approximate surface area is 105 Å². The molecule has 8 heteroatoms. The van der Waals surface area contributed by atoms with Gasteiger partial charge in [0.25, 0.3) is 0 Å². The minimum Gasteiger partial charge on any atom is -0.388 e. The molecule has 0 radical (unpaired) electrons. The van der Waals surface area contributed by atoms with Crippen molar-refractivity contribution in [3.05, 3.63) is 6.07 Å². The van der Waals surface area contributed by atoms with E-state index in [4.69, 9.17) is 16.3 Å². The van der Waals surface area contributed by atoms with Crippen molar-refractivity contribution in [2.24, 2.45) is 5.84 Å². The average molecular weight is 254 g/mol. The Morgan fingerprint density at radius 1 is 1.33 bits per heavy atom. The summed E-state index contributed by atoms with van der Waals surface area (Å²) in [5.74, 6) is 6.32. The van der Waals surface area contributed by atoms with Gasteiger partial charge in [-0.1, -0.05) is 0 Å². The summed E-state index contributed by atoms with van der Waals surface area (Å²) < 4.78 is 5.21. The second kappa shape index (κ2) is 5.34. The predicted octanol–water partition coefficient (Wildman–Crippen LogP) is -0.702. The van der Waals surface area contributed by atoms with Crippen LogP contribution in [0.2, 0.25) is 0 Å². The number of rotatable bonds is 4. The molecule has 0 atom stereocenters. The van der Waals surface area contributed by atoms with Gasteiger partial charge in [0.15, 0.2) is 0 Å². The van der Waals surface area contributed by atoms with Crippen LogP contribution >= 0.6 is 0 Å². The quantitative estimate of drug-likeness (QED) is 0.352. The largest absolute Gasteiger partial charge is 0.388 e. The van der Waals surface area contributed by atoms with Crippen LogP contribution in [0.3, 0.4) is 0 Å². The average Bonchev–Trinajstić information content (AvgIpc) is 2.37. The van der Waals surface area contributed by atoms with Gasteiger partial charge in [-0.2, -0.15) is 9.97 Å². The lowest BCUT2D eigenvalue weighted by Gasteiger charge is -2.32. The van der Waals surface area contributed by atoms with Crippen molar-refractivity contribution in [3.63, 3.8) is 0 Å². The Kier molecular flexibility index (Phi) is 3.80. The van der Waals surface area contributed by atoms with Crippen molar-refractivity contribution < 1.29 is 9.84 Å². The van der Waals surface area contributed by atoms with Crippen LogP contribution < -0.4 is 22.3 Å². The summed E-state index contributed by atoms with van der Waals surface area (Å²) in [5.41, 5.74) is 7.17. The molecule has 7 N–H and O–H groups in total. The standard InChI is InChI=1S/C10H18N6O2/c11-9-14-7(5-8(15-9)16-12)13-6-10(17)1-3-18-4-2-10/h5,17H,1-4,6,12H2,(H4,11,13,14,15,16). The summed E-state index contributed by atoms with van der Waals surface area (Å²) in [6, 6.07) is 1.62. The second-order valence-corrected chi connectivity index (χ2v) is 4.33. The SMILES string of the molecule is NNc1cc(NCC2(O)CCOCC2)nc(N)n1. The lowest BCUT2D eigenvalue weighted by Crippen LogP contribution is -2.42. The molecule has 1 saturated heterocycles. The third-order valence-corrected chi connectivity index (χ3v) is 2.91. The van der Waals surface area contributed by atoms with Crippen LogP contribution in [0.25, 0.3) is 0 Å². The van der Waals surface area contributed by atoms with Crippen LogP contribution in [0.1, 0.15) is 12.8 Å². The van der Waals surface area contributed by atoms with E-state index in [1.165, 1.54) is 0 Å². The fourth-order valence-electron chi connectivity index (χ4n) is 1.81. The molecule has 0 amide bonds. The first-order valence-electron chi connectivity index (χ1n) is 5.76. The third-order valence-electron chi connectivity index (χ3n) is 2.91. The fraction of sp³-hybridized carbons (Fsp3) is 0.600. The zero-order chi connectivity index (χ0) is 13.0. The molecule has 0 aliphatic carbocycles. The van der Waals surface area contributed by atoms with Crippen LogP contribution in [-0.4, -0.2) is 40.4 Å². The number of hydrogen-bond acceptors (Lipinski definition) is 8. The molecule has 18 heavy (non-hydrogen) atoms. The number of anilines is 3. The molecule has 8 nitrogen and oxygen atoms in total. The van der Waals surface area contributed by atoms with Gasteiger partial charge < -0.3 is 26.3 Å². The van der Waals surface area contributed by atoms with E-state index in [1.807, 2.05) is 0 Å². The van der Waals surface area contributed by atoms with Crippen LogP contribution in [0.15, 0.2) is 6.07 Å². The zero-order valence-corrected chi connectivity index (χ0v) is 10.0. The predicted molar refractivity (Wildman–Crippen MR) is 67.7 cm³/mol. The van der Waals surface area contributed by atoms with E-state index in [1.54, 1.807) is 6.07 Å². The molecule has 0 bridgehead atoms. The fourth-order valence-corrected chi connectivity index (χ4v) is 1.81. The molecule has 1 fully saturated rings. The Bertz CT molecular complexity index is 407. The van der Waals surface area contributed by atoms with Gasteiger partial charge in [-0.15, -0.1) is 0 Å². The van der Waals surface area contributed by atoms with Crippen LogP contribution in [0.4, 0.5) is 17.6 Å². The van der Waals surface area contributed by atoms with Gasteiger partial charge in [-0.25, -0.2) is 5.84 Å². The highest BCUT2D eigenvalue weighted by Gasteiger charge is 2.29. The maximum Gasteiger partial charge on any atom is 0.223 e. The molecular formula is C10H18N6O2. The molecule has 2 rings (SSSR count). The van der Waals surface area contributed by atoms with E-state index < -0.39 is 5.60 Å².